The molecule has 6 heteroatoms. The Bertz CT molecular complexity index is 851. The molecule has 0 radical (unpaired) electrons. The van der Waals surface area contributed by atoms with E-state index in [1.807, 2.05) is 18.2 Å². The van der Waals surface area contributed by atoms with Gasteiger partial charge in [-0.25, -0.2) is 0 Å². The lowest BCUT2D eigenvalue weighted by molar-refractivity contribution is -0.123. The van der Waals surface area contributed by atoms with Gasteiger partial charge in [0, 0.05) is 11.8 Å². The van der Waals surface area contributed by atoms with Gasteiger partial charge in [-0.05, 0) is 48.9 Å². The normalized spacial score (nSPS) is 11.4. The smallest absolute Gasteiger partial charge is 0.246 e. The lowest BCUT2D eigenvalue weighted by Crippen LogP contribution is -2.40. The topological polar surface area (TPSA) is 91.2 Å². The first-order valence-electron chi connectivity index (χ1n) is 7.95. The van der Waals surface area contributed by atoms with Crippen molar-refractivity contribution < 1.29 is 14.3 Å². The standard InChI is InChI=1S/C20H19N3O3/c1-14(20(25)23-17-5-3-4-16(12-17)13-21)22-19(24)11-8-15-6-9-18(26-2)10-7-15/h3-12,14H,1-2H3,(H,22,24)(H,23,25)/b11-8+. The Morgan fingerprint density at radius 3 is 2.58 bits per heavy atom. The summed E-state index contributed by atoms with van der Waals surface area (Å²) in [5.74, 6) is -0.0158. The number of ether oxygens (including phenoxy) is 1. The number of nitrogens with one attached hydrogen (secondary N) is 2. The van der Waals surface area contributed by atoms with E-state index >= 15 is 0 Å². The molecule has 2 aromatic rings. The quantitative estimate of drug-likeness (QED) is 0.785. The molecule has 132 valence electrons. The third-order valence-electron chi connectivity index (χ3n) is 3.55. The number of benzene rings is 2. The molecule has 0 saturated heterocycles. The van der Waals surface area contributed by atoms with Crippen molar-refractivity contribution in [1.29, 1.82) is 5.26 Å². The monoisotopic (exact) mass is 349 g/mol. The summed E-state index contributed by atoms with van der Waals surface area (Å²) >= 11 is 0. The Balaban J connectivity index is 1.89. The number of carbonyl (C=O) groups is 2. The van der Waals surface area contributed by atoms with Gasteiger partial charge in [0.1, 0.15) is 11.8 Å². The summed E-state index contributed by atoms with van der Waals surface area (Å²) in [5, 5.41) is 14.1. The van der Waals surface area contributed by atoms with E-state index in [4.69, 9.17) is 10.00 Å². The maximum Gasteiger partial charge on any atom is 0.246 e. The highest BCUT2D eigenvalue weighted by Gasteiger charge is 2.14. The summed E-state index contributed by atoms with van der Waals surface area (Å²) in [6.45, 7) is 1.59. The van der Waals surface area contributed by atoms with Crippen LogP contribution in [0.3, 0.4) is 0 Å². The first-order valence-corrected chi connectivity index (χ1v) is 7.95. The largest absolute Gasteiger partial charge is 0.497 e. The fourth-order valence-corrected chi connectivity index (χ4v) is 2.13. The van der Waals surface area contributed by atoms with Crippen molar-refractivity contribution in [3.63, 3.8) is 0 Å². The molecule has 2 aromatic carbocycles. The fraction of sp³-hybridized carbons (Fsp3) is 0.150. The van der Waals surface area contributed by atoms with Gasteiger partial charge < -0.3 is 15.4 Å². The molecule has 0 aromatic heterocycles. The van der Waals surface area contributed by atoms with E-state index in [0.717, 1.165) is 11.3 Å². The van der Waals surface area contributed by atoms with Crippen molar-refractivity contribution >= 4 is 23.6 Å². The number of anilines is 1. The molecule has 0 saturated carbocycles. The van der Waals surface area contributed by atoms with E-state index in [-0.39, 0.29) is 11.8 Å². The van der Waals surface area contributed by atoms with Crippen LogP contribution in [0.5, 0.6) is 5.75 Å². The van der Waals surface area contributed by atoms with Crippen molar-refractivity contribution in [1.82, 2.24) is 5.32 Å². The van der Waals surface area contributed by atoms with Crippen LogP contribution in [0.15, 0.2) is 54.6 Å². The van der Waals surface area contributed by atoms with Gasteiger partial charge in [-0.2, -0.15) is 5.26 Å². The molecule has 26 heavy (non-hydrogen) atoms. The zero-order valence-corrected chi connectivity index (χ0v) is 14.5. The predicted octanol–water partition coefficient (Wildman–Crippen LogP) is 2.72. The van der Waals surface area contributed by atoms with E-state index in [1.165, 1.54) is 6.08 Å². The number of rotatable bonds is 6. The summed E-state index contributed by atoms with van der Waals surface area (Å²) in [6.07, 6.45) is 3.01. The van der Waals surface area contributed by atoms with Crippen LogP contribution in [0.1, 0.15) is 18.1 Å². The van der Waals surface area contributed by atoms with Crippen LogP contribution >= 0.6 is 0 Å². The molecule has 2 amide bonds. The molecule has 0 fully saturated rings. The van der Waals surface area contributed by atoms with Crippen LogP contribution in [-0.2, 0) is 9.59 Å². The number of hydrogen-bond donors (Lipinski definition) is 2. The average Bonchev–Trinajstić information content (AvgIpc) is 2.66. The summed E-state index contributed by atoms with van der Waals surface area (Å²) < 4.78 is 5.07. The molecule has 0 bridgehead atoms. The minimum absolute atomic E-state index is 0.369. The molecule has 0 spiro atoms. The summed E-state index contributed by atoms with van der Waals surface area (Å²) in [5.41, 5.74) is 1.79. The zero-order valence-electron chi connectivity index (χ0n) is 14.5. The van der Waals surface area contributed by atoms with Crippen LogP contribution in [-0.4, -0.2) is 25.0 Å². The molecule has 0 aliphatic rings. The van der Waals surface area contributed by atoms with Gasteiger partial charge in [-0.1, -0.05) is 18.2 Å². The molecule has 0 heterocycles. The van der Waals surface area contributed by atoms with Crippen molar-refractivity contribution in [3.05, 3.63) is 65.7 Å². The maximum atomic E-state index is 12.1. The summed E-state index contributed by atoms with van der Waals surface area (Å²) in [4.78, 5) is 24.1. The number of nitrogens with zero attached hydrogens (tertiary/aromatic N) is 1. The highest BCUT2D eigenvalue weighted by molar-refractivity contribution is 5.99. The first kappa shape index (κ1) is 18.7. The van der Waals surface area contributed by atoms with Crippen LogP contribution in [0.2, 0.25) is 0 Å². The van der Waals surface area contributed by atoms with Crippen LogP contribution in [0.25, 0.3) is 6.08 Å². The van der Waals surface area contributed by atoms with E-state index in [9.17, 15) is 9.59 Å². The van der Waals surface area contributed by atoms with Gasteiger partial charge in [0.25, 0.3) is 0 Å². The van der Waals surface area contributed by atoms with Crippen LogP contribution < -0.4 is 15.4 Å². The van der Waals surface area contributed by atoms with Crippen LogP contribution in [0, 0.1) is 11.3 Å². The predicted molar refractivity (Wildman–Crippen MR) is 99.4 cm³/mol. The highest BCUT2D eigenvalue weighted by atomic mass is 16.5. The number of amides is 2. The Labute approximate surface area is 152 Å². The van der Waals surface area contributed by atoms with Crippen molar-refractivity contribution in [2.75, 3.05) is 12.4 Å². The lowest BCUT2D eigenvalue weighted by atomic mass is 10.2. The molecule has 2 rings (SSSR count). The van der Waals surface area contributed by atoms with Gasteiger partial charge in [0.05, 0.1) is 18.7 Å². The number of carbonyl (C=O) groups excluding carboxylic acids is 2. The SMILES string of the molecule is COc1ccc(/C=C/C(=O)NC(C)C(=O)Nc2cccc(C#N)c2)cc1. The van der Waals surface area contributed by atoms with Gasteiger partial charge in [0.2, 0.25) is 11.8 Å². The van der Waals surface area contributed by atoms with Gasteiger partial charge >= 0.3 is 0 Å². The van der Waals surface area contributed by atoms with Crippen molar-refractivity contribution in [2.24, 2.45) is 0 Å². The fourth-order valence-electron chi connectivity index (χ4n) is 2.13. The molecule has 1 atom stereocenters. The molecular formula is C20H19N3O3. The number of methoxy groups -OCH3 is 1. The third-order valence-corrected chi connectivity index (χ3v) is 3.55. The van der Waals surface area contributed by atoms with Gasteiger partial charge in [-0.3, -0.25) is 9.59 Å². The van der Waals surface area contributed by atoms with E-state index in [2.05, 4.69) is 10.6 Å². The third kappa shape index (κ3) is 5.49. The Hall–Kier alpha value is -3.59. The maximum absolute atomic E-state index is 12.1. The minimum Gasteiger partial charge on any atom is -0.497 e. The molecule has 2 N–H and O–H groups in total. The Morgan fingerprint density at radius 2 is 1.92 bits per heavy atom. The second-order valence-corrected chi connectivity index (χ2v) is 5.52. The first-order chi connectivity index (χ1) is 12.5. The molecule has 0 aliphatic carbocycles. The number of nitriles is 1. The average molecular weight is 349 g/mol. The van der Waals surface area contributed by atoms with E-state index < -0.39 is 6.04 Å². The molecule has 1 unspecified atom stereocenters. The lowest BCUT2D eigenvalue weighted by Gasteiger charge is -2.13. The van der Waals surface area contributed by atoms with Crippen molar-refractivity contribution in [3.8, 4) is 11.8 Å². The van der Waals surface area contributed by atoms with Crippen molar-refractivity contribution in [2.45, 2.75) is 13.0 Å². The molecule has 6 nitrogen and oxygen atoms in total. The Kier molecular flexibility index (Phi) is 6.52. The second kappa shape index (κ2) is 9.04. The van der Waals surface area contributed by atoms with Crippen LogP contribution in [0.4, 0.5) is 5.69 Å². The molecule has 0 aliphatic heterocycles. The second-order valence-electron chi connectivity index (χ2n) is 5.52. The highest BCUT2D eigenvalue weighted by Crippen LogP contribution is 2.12. The van der Waals surface area contributed by atoms with E-state index in [0.29, 0.717) is 11.3 Å². The minimum atomic E-state index is -0.728. The number of hydrogen-bond acceptors (Lipinski definition) is 4. The molecular weight excluding hydrogens is 330 g/mol. The Morgan fingerprint density at radius 1 is 1.19 bits per heavy atom. The van der Waals surface area contributed by atoms with Gasteiger partial charge in [-0.15, -0.1) is 0 Å². The van der Waals surface area contributed by atoms with Gasteiger partial charge in [0.15, 0.2) is 0 Å². The summed E-state index contributed by atoms with van der Waals surface area (Å²) in [7, 11) is 1.58. The zero-order chi connectivity index (χ0) is 18.9. The summed E-state index contributed by atoms with van der Waals surface area (Å²) in [6, 6.07) is 15.1. The van der Waals surface area contributed by atoms with E-state index in [1.54, 1.807) is 56.5 Å².